The van der Waals surface area contributed by atoms with Crippen LogP contribution in [0.1, 0.15) is 12.5 Å². The van der Waals surface area contributed by atoms with Crippen LogP contribution in [0.5, 0.6) is 17.2 Å². The molecule has 0 aliphatic heterocycles. The predicted octanol–water partition coefficient (Wildman–Crippen LogP) is 3.91. The third kappa shape index (κ3) is 5.81. The van der Waals surface area contributed by atoms with Crippen molar-refractivity contribution < 1.29 is 23.7 Å². The first kappa shape index (κ1) is 25.4. The summed E-state index contributed by atoms with van der Waals surface area (Å²) in [5, 5.41) is 12.3. The molecule has 1 heterocycles. The second-order valence-electron chi connectivity index (χ2n) is 7.21. The number of amides is 1. The van der Waals surface area contributed by atoms with Gasteiger partial charge in [0.25, 0.3) is 0 Å². The van der Waals surface area contributed by atoms with Crippen molar-refractivity contribution in [1.82, 2.24) is 14.8 Å². The van der Waals surface area contributed by atoms with E-state index >= 15 is 0 Å². The van der Waals surface area contributed by atoms with E-state index in [1.165, 1.54) is 11.8 Å². The first-order valence-electron chi connectivity index (χ1n) is 10.8. The summed E-state index contributed by atoms with van der Waals surface area (Å²) in [6, 6.07) is 11.4. The Morgan fingerprint density at radius 2 is 1.74 bits per heavy atom. The highest BCUT2D eigenvalue weighted by molar-refractivity contribution is 7.99. The smallest absolute Gasteiger partial charge is 0.234 e. The SMILES string of the molecule is CCc1ccccc1NC(=O)CSc1nnc(-c2cc(OC)c(OC)c(OC)c2)n1CCOC. The minimum Gasteiger partial charge on any atom is -0.493 e. The minimum absolute atomic E-state index is 0.110. The van der Waals surface area contributed by atoms with Crippen LogP contribution in [0, 0.1) is 0 Å². The number of methoxy groups -OCH3 is 4. The van der Waals surface area contributed by atoms with Gasteiger partial charge in [-0.2, -0.15) is 0 Å². The summed E-state index contributed by atoms with van der Waals surface area (Å²) in [7, 11) is 6.31. The molecule has 1 aromatic heterocycles. The van der Waals surface area contributed by atoms with Crippen LogP contribution in [0.3, 0.4) is 0 Å². The number of ether oxygens (including phenoxy) is 4. The Morgan fingerprint density at radius 1 is 1.03 bits per heavy atom. The molecule has 9 nitrogen and oxygen atoms in total. The van der Waals surface area contributed by atoms with E-state index in [1.54, 1.807) is 28.4 Å². The number of benzene rings is 2. The highest BCUT2D eigenvalue weighted by atomic mass is 32.2. The topological polar surface area (TPSA) is 96.7 Å². The van der Waals surface area contributed by atoms with E-state index in [4.69, 9.17) is 18.9 Å². The molecule has 1 amide bonds. The first-order chi connectivity index (χ1) is 16.6. The van der Waals surface area contributed by atoms with Gasteiger partial charge < -0.3 is 24.3 Å². The van der Waals surface area contributed by atoms with E-state index in [0.29, 0.717) is 41.4 Å². The average molecular weight is 487 g/mol. The fourth-order valence-electron chi connectivity index (χ4n) is 3.47. The average Bonchev–Trinajstić information content (AvgIpc) is 3.28. The van der Waals surface area contributed by atoms with Crippen molar-refractivity contribution in [2.45, 2.75) is 25.0 Å². The quantitative estimate of drug-likeness (QED) is 0.385. The molecule has 2 aromatic carbocycles. The van der Waals surface area contributed by atoms with Gasteiger partial charge in [-0.1, -0.05) is 36.9 Å². The van der Waals surface area contributed by atoms with Crippen molar-refractivity contribution in [2.75, 3.05) is 46.1 Å². The van der Waals surface area contributed by atoms with Crippen LogP contribution >= 0.6 is 11.8 Å². The number of nitrogens with zero attached hydrogens (tertiary/aromatic N) is 3. The van der Waals surface area contributed by atoms with Gasteiger partial charge in [-0.15, -0.1) is 10.2 Å². The van der Waals surface area contributed by atoms with Crippen LogP contribution in [0.4, 0.5) is 5.69 Å². The van der Waals surface area contributed by atoms with Gasteiger partial charge in [0.05, 0.1) is 40.2 Å². The van der Waals surface area contributed by atoms with Crippen LogP contribution < -0.4 is 19.5 Å². The summed E-state index contributed by atoms with van der Waals surface area (Å²) >= 11 is 1.32. The Morgan fingerprint density at radius 3 is 2.35 bits per heavy atom. The minimum atomic E-state index is -0.110. The fourth-order valence-corrected chi connectivity index (χ4v) is 4.23. The van der Waals surface area contributed by atoms with Gasteiger partial charge in [-0.3, -0.25) is 9.36 Å². The Bertz CT molecular complexity index is 1090. The van der Waals surface area contributed by atoms with E-state index < -0.39 is 0 Å². The number of rotatable bonds is 12. The lowest BCUT2D eigenvalue weighted by atomic mass is 10.1. The van der Waals surface area contributed by atoms with Crippen LogP contribution in [0.15, 0.2) is 41.6 Å². The van der Waals surface area contributed by atoms with Crippen LogP contribution in [-0.2, 0) is 22.5 Å². The fraction of sp³-hybridized carbons (Fsp3) is 0.375. The normalized spacial score (nSPS) is 10.7. The van der Waals surface area contributed by atoms with Gasteiger partial charge >= 0.3 is 0 Å². The number of carbonyl (C=O) groups is 1. The lowest BCUT2D eigenvalue weighted by molar-refractivity contribution is -0.113. The lowest BCUT2D eigenvalue weighted by Crippen LogP contribution is -2.16. The number of thioether (sulfide) groups is 1. The summed E-state index contributed by atoms with van der Waals surface area (Å²) in [6.45, 7) is 3.03. The van der Waals surface area contributed by atoms with Crippen molar-refractivity contribution in [1.29, 1.82) is 0 Å². The van der Waals surface area contributed by atoms with Crippen molar-refractivity contribution in [3.63, 3.8) is 0 Å². The Kier molecular flexibility index (Phi) is 9.17. The molecule has 1 N–H and O–H groups in total. The maximum atomic E-state index is 12.6. The van der Waals surface area contributed by atoms with E-state index in [2.05, 4.69) is 22.4 Å². The maximum absolute atomic E-state index is 12.6. The number of para-hydroxylation sites is 1. The molecule has 34 heavy (non-hydrogen) atoms. The number of aromatic nitrogens is 3. The van der Waals surface area contributed by atoms with Crippen molar-refractivity contribution in [3.05, 3.63) is 42.0 Å². The third-order valence-corrected chi connectivity index (χ3v) is 6.13. The summed E-state index contributed by atoms with van der Waals surface area (Å²) in [4.78, 5) is 12.6. The summed E-state index contributed by atoms with van der Waals surface area (Å²) in [5.41, 5.74) is 2.66. The molecule has 0 unspecified atom stereocenters. The Labute approximate surface area is 203 Å². The van der Waals surface area contributed by atoms with Crippen LogP contribution in [0.25, 0.3) is 11.4 Å². The standard InChI is InChI=1S/C24H30N4O5S/c1-6-16-9-7-8-10-18(16)25-21(29)15-34-24-27-26-23(28(24)11-12-30-2)17-13-19(31-3)22(33-5)20(14-17)32-4/h7-10,13-14H,6,11-12,15H2,1-5H3,(H,25,29). The molecular weight excluding hydrogens is 456 g/mol. The van der Waals surface area contributed by atoms with Gasteiger partial charge in [-0.05, 0) is 30.2 Å². The molecule has 0 bridgehead atoms. The zero-order valence-electron chi connectivity index (χ0n) is 20.1. The molecule has 3 rings (SSSR count). The van der Waals surface area contributed by atoms with Gasteiger partial charge in [-0.25, -0.2) is 0 Å². The monoisotopic (exact) mass is 486 g/mol. The van der Waals surface area contributed by atoms with Gasteiger partial charge in [0.2, 0.25) is 11.7 Å². The van der Waals surface area contributed by atoms with Crippen molar-refractivity contribution >= 4 is 23.4 Å². The summed E-state index contributed by atoms with van der Waals surface area (Å²) < 4.78 is 23.6. The Balaban J connectivity index is 1.85. The predicted molar refractivity (Wildman–Crippen MR) is 132 cm³/mol. The lowest BCUT2D eigenvalue weighted by Gasteiger charge is -2.15. The summed E-state index contributed by atoms with van der Waals surface area (Å²) in [6.07, 6.45) is 0.840. The van der Waals surface area contributed by atoms with Gasteiger partial charge in [0.15, 0.2) is 22.5 Å². The van der Waals surface area contributed by atoms with Crippen LogP contribution in [0.2, 0.25) is 0 Å². The van der Waals surface area contributed by atoms with Gasteiger partial charge in [0, 0.05) is 18.4 Å². The molecule has 0 spiro atoms. The molecule has 0 aliphatic rings. The largest absolute Gasteiger partial charge is 0.493 e. The first-order valence-corrected chi connectivity index (χ1v) is 11.8. The van der Waals surface area contributed by atoms with E-state index in [-0.39, 0.29) is 11.7 Å². The number of anilines is 1. The molecular formula is C24H30N4O5S. The highest BCUT2D eigenvalue weighted by Gasteiger charge is 2.20. The third-order valence-electron chi connectivity index (χ3n) is 5.16. The second kappa shape index (κ2) is 12.3. The number of aryl methyl sites for hydroxylation is 1. The maximum Gasteiger partial charge on any atom is 0.234 e. The van der Waals surface area contributed by atoms with Crippen molar-refractivity contribution in [2.24, 2.45) is 0 Å². The number of carbonyl (C=O) groups excluding carboxylic acids is 1. The molecule has 3 aromatic rings. The van der Waals surface area contributed by atoms with E-state index in [1.807, 2.05) is 41.0 Å². The van der Waals surface area contributed by atoms with E-state index in [9.17, 15) is 4.79 Å². The van der Waals surface area contributed by atoms with Gasteiger partial charge in [0.1, 0.15) is 0 Å². The van der Waals surface area contributed by atoms with E-state index in [0.717, 1.165) is 23.2 Å². The molecule has 182 valence electrons. The van der Waals surface area contributed by atoms with Crippen molar-refractivity contribution in [3.8, 4) is 28.6 Å². The highest BCUT2D eigenvalue weighted by Crippen LogP contribution is 2.41. The molecule has 0 radical (unpaired) electrons. The molecule has 0 fully saturated rings. The molecule has 0 aliphatic carbocycles. The zero-order chi connectivity index (χ0) is 24.5. The molecule has 0 saturated heterocycles. The summed E-state index contributed by atoms with van der Waals surface area (Å²) in [5.74, 6) is 2.22. The number of nitrogens with one attached hydrogen (secondary N) is 1. The molecule has 0 atom stereocenters. The number of hydrogen-bond donors (Lipinski definition) is 1. The molecule has 10 heteroatoms. The second-order valence-corrected chi connectivity index (χ2v) is 8.15. The Hall–Kier alpha value is -3.24. The molecule has 0 saturated carbocycles. The van der Waals surface area contributed by atoms with Crippen LogP contribution in [-0.4, -0.2) is 61.5 Å². The number of hydrogen-bond acceptors (Lipinski definition) is 8. The zero-order valence-corrected chi connectivity index (χ0v) is 20.9.